The van der Waals surface area contributed by atoms with Gasteiger partial charge in [-0.05, 0) is 36.6 Å². The van der Waals surface area contributed by atoms with Crippen molar-refractivity contribution in [3.63, 3.8) is 0 Å². The highest BCUT2D eigenvalue weighted by molar-refractivity contribution is 5.97. The molecule has 1 aromatic heterocycles. The van der Waals surface area contributed by atoms with E-state index in [0.717, 1.165) is 6.07 Å². The quantitative estimate of drug-likeness (QED) is 0.614. The summed E-state index contributed by atoms with van der Waals surface area (Å²) in [5, 5.41) is 0.580. The van der Waals surface area contributed by atoms with Gasteiger partial charge in [0.2, 0.25) is 0 Å². The van der Waals surface area contributed by atoms with Crippen molar-refractivity contribution in [2.75, 3.05) is 0 Å². The number of nitrogens with zero attached hydrogens (tertiary/aromatic N) is 1. The smallest absolute Gasteiger partial charge is 0.416 e. The van der Waals surface area contributed by atoms with Crippen LogP contribution < -0.4 is 5.63 Å². The SMILES string of the molecule is O=C(c1cc2ccccc2oc1=O)N(Cc1ccccc1C(F)(F)F)C1CC1. The Hall–Kier alpha value is -3.09. The van der Waals surface area contributed by atoms with Crippen LogP contribution in [0.2, 0.25) is 0 Å². The second-order valence-electron chi connectivity index (χ2n) is 6.80. The third-order valence-corrected chi connectivity index (χ3v) is 4.78. The van der Waals surface area contributed by atoms with Crippen LogP contribution in [-0.4, -0.2) is 16.8 Å². The molecule has 0 saturated heterocycles. The summed E-state index contributed by atoms with van der Waals surface area (Å²) in [6.45, 7) is -0.217. The van der Waals surface area contributed by atoms with Crippen LogP contribution in [-0.2, 0) is 12.7 Å². The van der Waals surface area contributed by atoms with E-state index in [1.807, 2.05) is 0 Å². The third kappa shape index (κ3) is 3.52. The molecule has 0 unspecified atom stereocenters. The van der Waals surface area contributed by atoms with Gasteiger partial charge in [0.25, 0.3) is 5.91 Å². The van der Waals surface area contributed by atoms with Crippen molar-refractivity contribution in [1.29, 1.82) is 0 Å². The molecule has 3 aromatic rings. The van der Waals surface area contributed by atoms with Gasteiger partial charge >= 0.3 is 11.8 Å². The number of hydrogen-bond donors (Lipinski definition) is 0. The molecule has 0 aliphatic heterocycles. The molecule has 0 bridgehead atoms. The molecule has 1 saturated carbocycles. The van der Waals surface area contributed by atoms with Crippen molar-refractivity contribution in [2.45, 2.75) is 31.6 Å². The Morgan fingerprint density at radius 2 is 1.75 bits per heavy atom. The Balaban J connectivity index is 1.71. The summed E-state index contributed by atoms with van der Waals surface area (Å²) in [6, 6.07) is 13.2. The van der Waals surface area contributed by atoms with Crippen LogP contribution in [0.15, 0.2) is 63.8 Å². The maximum absolute atomic E-state index is 13.3. The number of carbonyl (C=O) groups excluding carboxylic acids is 1. The Morgan fingerprint density at radius 1 is 1.07 bits per heavy atom. The lowest BCUT2D eigenvalue weighted by molar-refractivity contribution is -0.138. The minimum absolute atomic E-state index is 0.000395. The van der Waals surface area contributed by atoms with Crippen LogP contribution in [0.25, 0.3) is 11.0 Å². The van der Waals surface area contributed by atoms with E-state index in [1.54, 1.807) is 24.3 Å². The molecule has 1 heterocycles. The summed E-state index contributed by atoms with van der Waals surface area (Å²) in [5.74, 6) is -0.612. The number of fused-ring (bicyclic) bond motifs is 1. The number of hydrogen-bond acceptors (Lipinski definition) is 3. The number of para-hydroxylation sites is 1. The van der Waals surface area contributed by atoms with Gasteiger partial charge in [-0.1, -0.05) is 36.4 Å². The highest BCUT2D eigenvalue weighted by atomic mass is 19.4. The molecule has 1 amide bonds. The van der Waals surface area contributed by atoms with E-state index in [4.69, 9.17) is 4.42 Å². The monoisotopic (exact) mass is 387 g/mol. The van der Waals surface area contributed by atoms with E-state index in [1.165, 1.54) is 29.2 Å². The van der Waals surface area contributed by atoms with Gasteiger partial charge in [0.1, 0.15) is 11.1 Å². The standard InChI is InChI=1S/C21H16F3NO3/c22-21(23,24)17-7-3-1-6-14(17)12-25(15-9-10-15)19(26)16-11-13-5-2-4-8-18(13)28-20(16)27/h1-8,11,15H,9-10,12H2. The summed E-state index contributed by atoms with van der Waals surface area (Å²) >= 11 is 0. The Labute approximate surface area is 158 Å². The lowest BCUT2D eigenvalue weighted by atomic mass is 10.1. The first-order valence-electron chi connectivity index (χ1n) is 8.83. The van der Waals surface area contributed by atoms with Crippen LogP contribution in [0.4, 0.5) is 13.2 Å². The number of amides is 1. The van der Waals surface area contributed by atoms with E-state index in [9.17, 15) is 22.8 Å². The first-order chi connectivity index (χ1) is 13.3. The molecule has 1 fully saturated rings. The highest BCUT2D eigenvalue weighted by Crippen LogP contribution is 2.35. The molecule has 144 valence electrons. The fraction of sp³-hybridized carbons (Fsp3) is 0.238. The maximum atomic E-state index is 13.3. The summed E-state index contributed by atoms with van der Waals surface area (Å²) in [6.07, 6.45) is -3.13. The van der Waals surface area contributed by atoms with Crippen molar-refractivity contribution in [3.05, 3.63) is 81.7 Å². The van der Waals surface area contributed by atoms with E-state index in [2.05, 4.69) is 0 Å². The second-order valence-corrected chi connectivity index (χ2v) is 6.80. The van der Waals surface area contributed by atoms with Gasteiger partial charge in [-0.2, -0.15) is 13.2 Å². The molecule has 0 N–H and O–H groups in total. The van der Waals surface area contributed by atoms with Gasteiger partial charge in [0, 0.05) is 18.0 Å². The molecule has 0 spiro atoms. The predicted octanol–water partition coefficient (Wildman–Crippen LogP) is 4.62. The molecular weight excluding hydrogens is 371 g/mol. The molecule has 1 aliphatic rings. The lowest BCUT2D eigenvalue weighted by Gasteiger charge is -2.24. The molecule has 2 aromatic carbocycles. The summed E-state index contributed by atoms with van der Waals surface area (Å²) < 4.78 is 45.1. The fourth-order valence-corrected chi connectivity index (χ4v) is 3.24. The van der Waals surface area contributed by atoms with Crippen LogP contribution in [0.3, 0.4) is 0 Å². The summed E-state index contributed by atoms with van der Waals surface area (Å²) in [5.41, 5.74) is -1.39. The molecular formula is C21H16F3NO3. The number of carbonyl (C=O) groups is 1. The van der Waals surface area contributed by atoms with E-state index in [-0.39, 0.29) is 23.7 Å². The normalized spacial score (nSPS) is 14.2. The molecule has 7 heteroatoms. The van der Waals surface area contributed by atoms with Gasteiger partial charge in [0.15, 0.2) is 0 Å². The number of alkyl halides is 3. The van der Waals surface area contributed by atoms with Crippen LogP contribution in [0, 0.1) is 0 Å². The van der Waals surface area contributed by atoms with E-state index in [0.29, 0.717) is 23.8 Å². The van der Waals surface area contributed by atoms with Crippen molar-refractivity contribution < 1.29 is 22.4 Å². The van der Waals surface area contributed by atoms with Gasteiger partial charge in [-0.15, -0.1) is 0 Å². The zero-order valence-electron chi connectivity index (χ0n) is 14.7. The van der Waals surface area contributed by atoms with Crippen molar-refractivity contribution >= 4 is 16.9 Å². The van der Waals surface area contributed by atoms with Gasteiger partial charge < -0.3 is 9.32 Å². The van der Waals surface area contributed by atoms with Crippen LogP contribution in [0.1, 0.15) is 34.3 Å². The number of halogens is 3. The first kappa shape index (κ1) is 18.3. The van der Waals surface area contributed by atoms with Crippen molar-refractivity contribution in [1.82, 2.24) is 4.90 Å². The first-order valence-corrected chi connectivity index (χ1v) is 8.83. The molecule has 4 rings (SSSR count). The second kappa shape index (κ2) is 6.82. The minimum Gasteiger partial charge on any atom is -0.422 e. The number of rotatable bonds is 4. The lowest BCUT2D eigenvalue weighted by Crippen LogP contribution is -2.36. The molecule has 0 radical (unpaired) electrons. The Kier molecular flexibility index (Phi) is 4.45. The number of benzene rings is 2. The topological polar surface area (TPSA) is 50.5 Å². The Morgan fingerprint density at radius 3 is 2.46 bits per heavy atom. The van der Waals surface area contributed by atoms with Crippen molar-refractivity contribution in [2.24, 2.45) is 0 Å². The highest BCUT2D eigenvalue weighted by Gasteiger charge is 2.38. The zero-order valence-corrected chi connectivity index (χ0v) is 14.7. The van der Waals surface area contributed by atoms with E-state index >= 15 is 0 Å². The third-order valence-electron chi connectivity index (χ3n) is 4.78. The largest absolute Gasteiger partial charge is 0.422 e. The van der Waals surface area contributed by atoms with Gasteiger partial charge in [-0.25, -0.2) is 4.79 Å². The van der Waals surface area contributed by atoms with Crippen LogP contribution in [0.5, 0.6) is 0 Å². The van der Waals surface area contributed by atoms with E-state index < -0.39 is 23.3 Å². The average molecular weight is 387 g/mol. The van der Waals surface area contributed by atoms with Crippen LogP contribution >= 0.6 is 0 Å². The minimum atomic E-state index is -4.52. The summed E-state index contributed by atoms with van der Waals surface area (Å²) in [4.78, 5) is 26.7. The molecule has 28 heavy (non-hydrogen) atoms. The predicted molar refractivity (Wildman–Crippen MR) is 96.8 cm³/mol. The summed E-state index contributed by atoms with van der Waals surface area (Å²) in [7, 11) is 0. The molecule has 0 atom stereocenters. The van der Waals surface area contributed by atoms with Crippen molar-refractivity contribution in [3.8, 4) is 0 Å². The molecule has 4 nitrogen and oxygen atoms in total. The average Bonchev–Trinajstić information content (AvgIpc) is 3.49. The zero-order chi connectivity index (χ0) is 19.9. The van der Waals surface area contributed by atoms with Gasteiger partial charge in [0.05, 0.1) is 5.56 Å². The Bertz CT molecular complexity index is 1100. The molecule has 1 aliphatic carbocycles. The fourth-order valence-electron chi connectivity index (χ4n) is 3.24. The maximum Gasteiger partial charge on any atom is 0.416 e. The van der Waals surface area contributed by atoms with Gasteiger partial charge in [-0.3, -0.25) is 4.79 Å².